The van der Waals surface area contributed by atoms with Gasteiger partial charge < -0.3 is 29.7 Å². The summed E-state index contributed by atoms with van der Waals surface area (Å²) in [6.07, 6.45) is 2.60. The Morgan fingerprint density at radius 1 is 1.07 bits per heavy atom. The second kappa shape index (κ2) is 10.9. The molecule has 1 fully saturated rings. The first kappa shape index (κ1) is 21.2. The number of nitrogens with one attached hydrogen (secondary N) is 2. The summed E-state index contributed by atoms with van der Waals surface area (Å²) in [6.45, 7) is 7.25. The number of benzene rings is 1. The first-order chi connectivity index (χ1) is 13.1. The van der Waals surface area contributed by atoms with Crippen LogP contribution < -0.4 is 24.8 Å². The lowest BCUT2D eigenvalue weighted by atomic mass is 9.99. The van der Waals surface area contributed by atoms with E-state index in [1.165, 1.54) is 25.9 Å². The highest BCUT2D eigenvalue weighted by molar-refractivity contribution is 5.79. The number of methoxy groups -OCH3 is 3. The van der Waals surface area contributed by atoms with Crippen LogP contribution in [0.15, 0.2) is 17.1 Å². The molecule has 2 rings (SSSR count). The number of hydrogen-bond acceptors (Lipinski definition) is 5. The lowest BCUT2D eigenvalue weighted by Crippen LogP contribution is -2.43. The Morgan fingerprint density at radius 2 is 1.70 bits per heavy atom. The van der Waals surface area contributed by atoms with E-state index in [2.05, 4.69) is 27.4 Å². The van der Waals surface area contributed by atoms with Gasteiger partial charge >= 0.3 is 0 Å². The number of ether oxygens (including phenoxy) is 3. The fourth-order valence-corrected chi connectivity index (χ4v) is 3.26. The van der Waals surface area contributed by atoms with Crippen molar-refractivity contribution in [1.82, 2.24) is 15.5 Å². The first-order valence-corrected chi connectivity index (χ1v) is 9.57. The van der Waals surface area contributed by atoms with Crippen LogP contribution in [0.2, 0.25) is 0 Å². The number of piperidine rings is 1. The summed E-state index contributed by atoms with van der Waals surface area (Å²) < 4.78 is 16.2. The smallest absolute Gasteiger partial charge is 0.203 e. The standard InChI is InChI=1S/C20H34N4O3/c1-15-6-9-24(10-7-15)11-8-22-20(21-2)23-14-16-12-17(25-3)19(27-5)18(13-16)26-4/h12-13,15H,6-11,14H2,1-5H3,(H2,21,22,23). The number of likely N-dealkylation sites (tertiary alicyclic amines) is 1. The Morgan fingerprint density at radius 3 is 2.22 bits per heavy atom. The van der Waals surface area contributed by atoms with Gasteiger partial charge in [0.2, 0.25) is 5.75 Å². The van der Waals surface area contributed by atoms with Crippen LogP contribution in [0.1, 0.15) is 25.3 Å². The van der Waals surface area contributed by atoms with Gasteiger partial charge in [-0.05, 0) is 49.5 Å². The van der Waals surface area contributed by atoms with Crippen molar-refractivity contribution in [2.45, 2.75) is 26.3 Å². The fourth-order valence-electron chi connectivity index (χ4n) is 3.26. The predicted octanol–water partition coefficient (Wildman–Crippen LogP) is 2.11. The summed E-state index contributed by atoms with van der Waals surface area (Å²) >= 11 is 0. The van der Waals surface area contributed by atoms with Gasteiger partial charge in [-0.25, -0.2) is 0 Å². The van der Waals surface area contributed by atoms with E-state index in [1.54, 1.807) is 28.4 Å². The summed E-state index contributed by atoms with van der Waals surface area (Å²) in [4.78, 5) is 6.82. The Bertz CT molecular complexity index is 588. The van der Waals surface area contributed by atoms with Crippen molar-refractivity contribution >= 4 is 5.96 Å². The van der Waals surface area contributed by atoms with Gasteiger partial charge in [-0.2, -0.15) is 0 Å². The van der Waals surface area contributed by atoms with Gasteiger partial charge in [-0.15, -0.1) is 0 Å². The molecular weight excluding hydrogens is 344 g/mol. The number of guanidine groups is 1. The quantitative estimate of drug-likeness (QED) is 0.533. The Kier molecular flexibility index (Phi) is 8.51. The van der Waals surface area contributed by atoms with Crippen LogP contribution in [0.4, 0.5) is 0 Å². The average molecular weight is 379 g/mol. The van der Waals surface area contributed by atoms with E-state index in [-0.39, 0.29) is 0 Å². The van der Waals surface area contributed by atoms with Crippen molar-refractivity contribution in [1.29, 1.82) is 0 Å². The third kappa shape index (κ3) is 6.20. The van der Waals surface area contributed by atoms with Crippen LogP contribution in [0.3, 0.4) is 0 Å². The maximum Gasteiger partial charge on any atom is 0.203 e. The minimum absolute atomic E-state index is 0.599. The van der Waals surface area contributed by atoms with Crippen molar-refractivity contribution in [2.75, 3.05) is 54.6 Å². The van der Waals surface area contributed by atoms with Gasteiger partial charge in [0.1, 0.15) is 0 Å². The van der Waals surface area contributed by atoms with Gasteiger partial charge in [0.05, 0.1) is 21.3 Å². The Balaban J connectivity index is 1.84. The molecule has 1 aromatic rings. The highest BCUT2D eigenvalue weighted by atomic mass is 16.5. The predicted molar refractivity (Wildman–Crippen MR) is 109 cm³/mol. The second-order valence-electron chi connectivity index (χ2n) is 6.91. The largest absolute Gasteiger partial charge is 0.493 e. The Hall–Kier alpha value is -2.15. The highest BCUT2D eigenvalue weighted by Crippen LogP contribution is 2.38. The molecule has 0 aliphatic carbocycles. The van der Waals surface area contributed by atoms with Crippen molar-refractivity contribution in [3.05, 3.63) is 17.7 Å². The van der Waals surface area contributed by atoms with Gasteiger partial charge in [-0.3, -0.25) is 4.99 Å². The van der Waals surface area contributed by atoms with Crippen LogP contribution in [0.25, 0.3) is 0 Å². The number of rotatable bonds is 8. The topological polar surface area (TPSA) is 67.4 Å². The van der Waals surface area contributed by atoms with Gasteiger partial charge in [0.15, 0.2) is 17.5 Å². The van der Waals surface area contributed by atoms with E-state index in [9.17, 15) is 0 Å². The monoisotopic (exact) mass is 378 g/mol. The molecule has 27 heavy (non-hydrogen) atoms. The molecule has 152 valence electrons. The molecule has 0 aromatic heterocycles. The van der Waals surface area contributed by atoms with E-state index in [0.717, 1.165) is 30.5 Å². The second-order valence-corrected chi connectivity index (χ2v) is 6.91. The molecule has 1 aliphatic heterocycles. The lowest BCUT2D eigenvalue weighted by Gasteiger charge is -2.30. The number of aliphatic imine (C=N–C) groups is 1. The molecule has 0 unspecified atom stereocenters. The van der Waals surface area contributed by atoms with E-state index in [0.29, 0.717) is 23.8 Å². The van der Waals surface area contributed by atoms with E-state index in [1.807, 2.05) is 12.1 Å². The molecule has 0 bridgehead atoms. The zero-order valence-corrected chi connectivity index (χ0v) is 17.3. The van der Waals surface area contributed by atoms with Crippen molar-refractivity contribution in [2.24, 2.45) is 10.9 Å². The summed E-state index contributed by atoms with van der Waals surface area (Å²) in [6, 6.07) is 3.88. The lowest BCUT2D eigenvalue weighted by molar-refractivity contribution is 0.195. The maximum absolute atomic E-state index is 5.41. The van der Waals surface area contributed by atoms with Gasteiger partial charge in [-0.1, -0.05) is 6.92 Å². The molecule has 0 amide bonds. The van der Waals surface area contributed by atoms with Crippen LogP contribution >= 0.6 is 0 Å². The molecule has 1 heterocycles. The zero-order valence-electron chi connectivity index (χ0n) is 17.3. The molecule has 2 N–H and O–H groups in total. The minimum Gasteiger partial charge on any atom is -0.493 e. The molecule has 7 heteroatoms. The molecule has 0 atom stereocenters. The highest BCUT2D eigenvalue weighted by Gasteiger charge is 2.15. The molecular formula is C20H34N4O3. The van der Waals surface area contributed by atoms with Gasteiger partial charge in [0, 0.05) is 26.7 Å². The van der Waals surface area contributed by atoms with Crippen LogP contribution in [0.5, 0.6) is 17.2 Å². The third-order valence-electron chi connectivity index (χ3n) is 5.00. The van der Waals surface area contributed by atoms with Crippen LogP contribution in [0, 0.1) is 5.92 Å². The van der Waals surface area contributed by atoms with E-state index >= 15 is 0 Å². The first-order valence-electron chi connectivity index (χ1n) is 9.57. The third-order valence-corrected chi connectivity index (χ3v) is 5.00. The fraction of sp³-hybridized carbons (Fsp3) is 0.650. The summed E-state index contributed by atoms with van der Waals surface area (Å²) in [7, 11) is 6.63. The molecule has 0 spiro atoms. The summed E-state index contributed by atoms with van der Waals surface area (Å²) in [5, 5.41) is 6.73. The zero-order chi connectivity index (χ0) is 19.6. The molecule has 7 nitrogen and oxygen atoms in total. The van der Waals surface area contributed by atoms with Crippen molar-refractivity contribution in [3.63, 3.8) is 0 Å². The number of nitrogens with zero attached hydrogens (tertiary/aromatic N) is 2. The van der Waals surface area contributed by atoms with Crippen LogP contribution in [-0.4, -0.2) is 65.4 Å². The van der Waals surface area contributed by atoms with E-state index in [4.69, 9.17) is 14.2 Å². The van der Waals surface area contributed by atoms with Crippen molar-refractivity contribution < 1.29 is 14.2 Å². The average Bonchev–Trinajstić information content (AvgIpc) is 2.70. The molecule has 0 saturated carbocycles. The van der Waals surface area contributed by atoms with E-state index < -0.39 is 0 Å². The normalized spacial score (nSPS) is 16.1. The molecule has 1 saturated heterocycles. The van der Waals surface area contributed by atoms with Gasteiger partial charge in [0.25, 0.3) is 0 Å². The Labute approximate surface area is 163 Å². The van der Waals surface area contributed by atoms with Crippen LogP contribution in [-0.2, 0) is 6.54 Å². The molecule has 1 aromatic carbocycles. The molecule has 1 aliphatic rings. The number of hydrogen-bond donors (Lipinski definition) is 2. The van der Waals surface area contributed by atoms with Crippen molar-refractivity contribution in [3.8, 4) is 17.2 Å². The minimum atomic E-state index is 0.599. The summed E-state index contributed by atoms with van der Waals surface area (Å²) in [5.41, 5.74) is 1.03. The summed E-state index contributed by atoms with van der Waals surface area (Å²) in [5.74, 6) is 3.55. The molecule has 0 radical (unpaired) electrons. The SMILES string of the molecule is CN=C(NCCN1CCC(C)CC1)NCc1cc(OC)c(OC)c(OC)c1. The maximum atomic E-state index is 5.41.